The Kier molecular flexibility index (Phi) is 9.91. The van der Waals surface area contributed by atoms with Crippen molar-refractivity contribution >= 4 is 74.3 Å². The predicted molar refractivity (Wildman–Crippen MR) is 167 cm³/mol. The number of likely N-dealkylation sites (tertiary alicyclic amines) is 1. The van der Waals surface area contributed by atoms with Gasteiger partial charge in [-0.2, -0.15) is 11.7 Å². The number of amides is 1. The summed E-state index contributed by atoms with van der Waals surface area (Å²) >= 11 is 14.7. The highest BCUT2D eigenvalue weighted by molar-refractivity contribution is 7.20. The number of thiophene rings is 1. The van der Waals surface area contributed by atoms with Gasteiger partial charge in [0.2, 0.25) is 0 Å². The molecular weight excluding hydrogens is 645 g/mol. The van der Waals surface area contributed by atoms with Crippen molar-refractivity contribution in [2.24, 2.45) is 11.0 Å². The summed E-state index contributed by atoms with van der Waals surface area (Å²) in [6.45, 7) is 9.94. The highest BCUT2D eigenvalue weighted by Gasteiger charge is 2.33. The first-order valence-corrected chi connectivity index (χ1v) is 15.6. The van der Waals surface area contributed by atoms with Gasteiger partial charge < -0.3 is 24.6 Å². The molecule has 0 spiro atoms. The number of ether oxygens (including phenoxy) is 2. The Bertz CT molecular complexity index is 1700. The Morgan fingerprint density at radius 1 is 1.27 bits per heavy atom. The number of Topliss-reactive ketones (excluding diaryl/α,β-unsaturated/α-hetero) is 1. The fraction of sp³-hybridized carbons (Fsp3) is 0.414. The number of guanidine groups is 1. The van der Waals surface area contributed by atoms with Crippen molar-refractivity contribution in [1.29, 1.82) is 0 Å². The van der Waals surface area contributed by atoms with Crippen LogP contribution in [0.5, 0.6) is 0 Å². The lowest BCUT2D eigenvalue weighted by Crippen LogP contribution is -2.44. The van der Waals surface area contributed by atoms with Gasteiger partial charge in [0.05, 0.1) is 56.5 Å². The molecule has 5 rings (SSSR count). The van der Waals surface area contributed by atoms with Gasteiger partial charge in [-0.05, 0) is 29.7 Å². The predicted octanol–water partition coefficient (Wildman–Crippen LogP) is 3.91. The van der Waals surface area contributed by atoms with E-state index in [0.29, 0.717) is 37.4 Å². The summed E-state index contributed by atoms with van der Waals surface area (Å²) in [5.41, 5.74) is 2.37. The zero-order valence-electron chi connectivity index (χ0n) is 24.4. The summed E-state index contributed by atoms with van der Waals surface area (Å²) in [6.07, 6.45) is 2.04. The average Bonchev–Trinajstić information content (AvgIpc) is 3.74. The molecule has 2 aliphatic rings. The number of aromatic amines is 1. The molecule has 0 radical (unpaired) electrons. The van der Waals surface area contributed by atoms with Crippen molar-refractivity contribution in [1.82, 2.24) is 25.3 Å². The van der Waals surface area contributed by atoms with E-state index >= 15 is 0 Å². The van der Waals surface area contributed by atoms with E-state index in [1.165, 1.54) is 25.4 Å². The molecule has 1 aromatic carbocycles. The number of hydrogen-bond acceptors (Lipinski definition) is 9. The molecule has 1 fully saturated rings. The first-order chi connectivity index (χ1) is 21.6. The standard InChI is InChI=1S/C29H29Cl2N7O6S/c1-15(39)44-18-4-6-38(14-18)29(36-32-2)33-11-16(28(42)43-3)9-22(40)25-20(30)8-17-13-37(7-5-19(17)26(25)31)27(41)23-10-21-24(45-23)12-34-35-21/h8,10,12,16,18H,4-7,9,11,13-14H2,1,3H3,(H,33,36)(H,34,35)/t16-,18-/m0/s1. The topological polar surface area (TPSA) is 151 Å². The summed E-state index contributed by atoms with van der Waals surface area (Å²) in [4.78, 5) is 58.0. The number of hydrogen-bond donors (Lipinski definition) is 2. The molecule has 236 valence electrons. The zero-order valence-corrected chi connectivity index (χ0v) is 26.7. The fourth-order valence-electron chi connectivity index (χ4n) is 5.55. The van der Waals surface area contributed by atoms with E-state index in [1.807, 2.05) is 0 Å². The molecular formula is C29H29Cl2N7O6S. The molecule has 0 saturated carbocycles. The Morgan fingerprint density at radius 2 is 2.07 bits per heavy atom. The van der Waals surface area contributed by atoms with Gasteiger partial charge in [-0.25, -0.2) is 0 Å². The molecule has 0 aliphatic carbocycles. The van der Waals surface area contributed by atoms with Crippen LogP contribution in [0.1, 0.15) is 50.9 Å². The summed E-state index contributed by atoms with van der Waals surface area (Å²) in [5.74, 6) is -2.37. The third kappa shape index (κ3) is 7.06. The van der Waals surface area contributed by atoms with Gasteiger partial charge >= 0.3 is 11.9 Å². The van der Waals surface area contributed by atoms with Crippen molar-refractivity contribution in [3.63, 3.8) is 0 Å². The third-order valence-electron chi connectivity index (χ3n) is 7.70. The Labute approximate surface area is 272 Å². The monoisotopic (exact) mass is 673 g/mol. The fourth-order valence-corrected chi connectivity index (χ4v) is 7.30. The number of rotatable bonds is 8. The molecule has 2 N–H and O–H groups in total. The number of benzene rings is 1. The Balaban J connectivity index is 1.28. The molecule has 1 amide bonds. The molecule has 1 saturated heterocycles. The Morgan fingerprint density at radius 3 is 2.78 bits per heavy atom. The van der Waals surface area contributed by atoms with Crippen molar-refractivity contribution in [3.8, 4) is 0 Å². The average molecular weight is 675 g/mol. The number of H-pyrrole nitrogens is 1. The highest BCUT2D eigenvalue weighted by atomic mass is 35.5. The van der Waals surface area contributed by atoms with E-state index < -0.39 is 23.6 Å². The van der Waals surface area contributed by atoms with Crippen molar-refractivity contribution in [2.45, 2.75) is 38.8 Å². The minimum Gasteiger partial charge on any atom is -0.469 e. The van der Waals surface area contributed by atoms with Crippen LogP contribution in [0.15, 0.2) is 23.4 Å². The van der Waals surface area contributed by atoms with Gasteiger partial charge in [0.1, 0.15) is 11.2 Å². The van der Waals surface area contributed by atoms with Crippen molar-refractivity contribution in [3.05, 3.63) is 61.5 Å². The lowest BCUT2D eigenvalue weighted by atomic mass is 9.92. The minimum atomic E-state index is -0.950. The molecule has 3 aromatic rings. The number of ketones is 1. The van der Waals surface area contributed by atoms with Crippen LogP contribution < -0.4 is 5.32 Å². The number of methoxy groups -OCH3 is 1. The van der Waals surface area contributed by atoms with Crippen LogP contribution in [0, 0.1) is 12.5 Å². The molecule has 2 aliphatic heterocycles. The second kappa shape index (κ2) is 13.8. The number of aromatic nitrogens is 2. The summed E-state index contributed by atoms with van der Waals surface area (Å²) < 4.78 is 11.1. The minimum absolute atomic E-state index is 0.0632. The van der Waals surface area contributed by atoms with E-state index in [0.717, 1.165) is 21.3 Å². The lowest BCUT2D eigenvalue weighted by Gasteiger charge is -2.30. The van der Waals surface area contributed by atoms with Gasteiger partial charge in [-0.3, -0.25) is 24.3 Å². The maximum atomic E-state index is 13.6. The molecule has 0 bridgehead atoms. The summed E-state index contributed by atoms with van der Waals surface area (Å²) in [6, 6.07) is 3.43. The maximum absolute atomic E-state index is 13.6. The number of carbonyl (C=O) groups excluding carboxylic acids is 4. The van der Waals surface area contributed by atoms with E-state index in [2.05, 4.69) is 25.6 Å². The number of fused-ring (bicyclic) bond motifs is 2. The van der Waals surface area contributed by atoms with Crippen LogP contribution in [-0.4, -0.2) is 89.0 Å². The van der Waals surface area contributed by atoms with Gasteiger partial charge in [0.15, 0.2) is 5.78 Å². The molecule has 0 unspecified atom stereocenters. The van der Waals surface area contributed by atoms with Crippen molar-refractivity contribution < 1.29 is 28.7 Å². The van der Waals surface area contributed by atoms with Gasteiger partial charge in [-0.15, -0.1) is 16.3 Å². The number of nitrogens with one attached hydrogen (secondary N) is 2. The van der Waals surface area contributed by atoms with E-state index in [1.54, 1.807) is 28.1 Å². The molecule has 4 heterocycles. The Hall–Kier alpha value is -4.19. The van der Waals surface area contributed by atoms with Crippen molar-refractivity contribution in [2.75, 3.05) is 33.3 Å². The second-order valence-electron chi connectivity index (χ2n) is 10.6. The summed E-state index contributed by atoms with van der Waals surface area (Å²) in [5, 5.41) is 13.9. The normalized spacial score (nSPS) is 17.0. The lowest BCUT2D eigenvalue weighted by molar-refractivity contribution is -0.146. The van der Waals surface area contributed by atoms with Crippen LogP contribution in [0.4, 0.5) is 0 Å². The number of nitrogens with zero attached hydrogens (tertiary/aromatic N) is 5. The molecule has 16 heteroatoms. The molecule has 13 nitrogen and oxygen atoms in total. The van der Waals surface area contributed by atoms with Crippen LogP contribution >= 0.6 is 34.5 Å². The van der Waals surface area contributed by atoms with Crippen LogP contribution in [0.3, 0.4) is 0 Å². The SMILES string of the molecule is [C-]#[N+]/N=C(\NC[C@H](CC(=O)c1c(Cl)cc2c(c1Cl)CCN(C(=O)c1cc3[nH]ncc3s1)C2)C(=O)OC)N1CC[C@H](OC(C)=O)C1. The van der Waals surface area contributed by atoms with E-state index in [-0.39, 0.29) is 53.1 Å². The van der Waals surface area contributed by atoms with Gasteiger partial charge in [-0.1, -0.05) is 23.2 Å². The first kappa shape index (κ1) is 32.2. The van der Waals surface area contributed by atoms with Crippen LogP contribution in [0.2, 0.25) is 10.0 Å². The molecule has 2 atom stereocenters. The largest absolute Gasteiger partial charge is 0.469 e. The van der Waals surface area contributed by atoms with Gasteiger partial charge in [0, 0.05) is 45.9 Å². The smallest absolute Gasteiger partial charge is 0.310 e. The van der Waals surface area contributed by atoms with Crippen LogP contribution in [0.25, 0.3) is 15.2 Å². The zero-order chi connectivity index (χ0) is 32.2. The number of halogens is 2. The van der Waals surface area contributed by atoms with Gasteiger partial charge in [0.25, 0.3) is 11.9 Å². The van der Waals surface area contributed by atoms with E-state index in [4.69, 9.17) is 39.2 Å². The number of esters is 2. The maximum Gasteiger partial charge on any atom is 0.310 e. The molecule has 2 aromatic heterocycles. The highest BCUT2D eigenvalue weighted by Crippen LogP contribution is 2.36. The quantitative estimate of drug-likeness (QED) is 0.0906. The summed E-state index contributed by atoms with van der Waals surface area (Å²) in [7, 11) is 1.22. The number of carbonyl (C=O) groups is 4. The molecule has 45 heavy (non-hydrogen) atoms. The third-order valence-corrected chi connectivity index (χ3v) is 9.48. The second-order valence-corrected chi connectivity index (χ2v) is 12.5. The first-order valence-electron chi connectivity index (χ1n) is 14.0. The van der Waals surface area contributed by atoms with E-state index in [9.17, 15) is 19.2 Å². The van der Waals surface area contributed by atoms with Crippen LogP contribution in [-0.2, 0) is 32.0 Å².